The van der Waals surface area contributed by atoms with Gasteiger partial charge in [-0.05, 0) is 66.2 Å². The average molecular weight is 466 g/mol. The average Bonchev–Trinajstić information content (AvgIpc) is 3.28. The molecule has 36 heavy (non-hydrogen) atoms. The van der Waals surface area contributed by atoms with E-state index in [2.05, 4.69) is 94.7 Å². The fourth-order valence-electron chi connectivity index (χ4n) is 5.32. The van der Waals surface area contributed by atoms with Gasteiger partial charge in [-0.25, -0.2) is 0 Å². The first-order chi connectivity index (χ1) is 17.8. The highest BCUT2D eigenvalue weighted by molar-refractivity contribution is 6.11. The number of nitrogens with zero attached hydrogens (tertiary/aromatic N) is 3. The summed E-state index contributed by atoms with van der Waals surface area (Å²) < 4.78 is 0. The highest BCUT2D eigenvalue weighted by Gasteiger charge is 2.33. The Morgan fingerprint density at radius 2 is 0.944 bits per heavy atom. The molecule has 0 radical (unpaired) electrons. The number of carbonyl (C=O) groups is 1. The summed E-state index contributed by atoms with van der Waals surface area (Å²) in [6, 6.07) is 43.5. The van der Waals surface area contributed by atoms with Gasteiger partial charge in [-0.2, -0.15) is 0 Å². The van der Waals surface area contributed by atoms with Gasteiger partial charge >= 0.3 is 0 Å². The van der Waals surface area contributed by atoms with E-state index in [0.717, 1.165) is 50.9 Å². The zero-order valence-corrected chi connectivity index (χ0v) is 19.6. The lowest BCUT2D eigenvalue weighted by atomic mass is 10.0. The minimum absolute atomic E-state index is 0.0440. The molecule has 0 unspecified atom stereocenters. The molecule has 0 bridgehead atoms. The summed E-state index contributed by atoms with van der Waals surface area (Å²) in [6.45, 7) is 0.591. The summed E-state index contributed by atoms with van der Waals surface area (Å²) in [5, 5.41) is 0. The highest BCUT2D eigenvalue weighted by Crippen LogP contribution is 2.54. The molecule has 0 atom stereocenters. The topological polar surface area (TPSA) is 26.8 Å². The van der Waals surface area contributed by atoms with Crippen molar-refractivity contribution in [1.29, 1.82) is 0 Å². The lowest BCUT2D eigenvalue weighted by molar-refractivity contribution is 0.0996. The molecule has 1 amide bonds. The first kappa shape index (κ1) is 20.5. The third-order valence-electron chi connectivity index (χ3n) is 6.97. The maximum Gasteiger partial charge on any atom is 0.259 e. The lowest BCUT2D eigenvalue weighted by Crippen LogP contribution is -2.24. The number of para-hydroxylation sites is 6. The zero-order valence-electron chi connectivity index (χ0n) is 19.6. The molecule has 172 valence electrons. The molecule has 2 aliphatic rings. The molecule has 2 heterocycles. The number of fused-ring (bicyclic) bond motifs is 3. The Hall–Kier alpha value is -4.83. The van der Waals surface area contributed by atoms with Gasteiger partial charge in [-0.15, -0.1) is 0 Å². The molecular formula is C32H23N3O. The van der Waals surface area contributed by atoms with Gasteiger partial charge in [0.2, 0.25) is 0 Å². The molecule has 0 N–H and O–H groups in total. The Balaban J connectivity index is 1.37. The predicted octanol–water partition coefficient (Wildman–Crippen LogP) is 8.10. The molecule has 7 rings (SSSR count). The van der Waals surface area contributed by atoms with Crippen molar-refractivity contribution < 1.29 is 4.79 Å². The van der Waals surface area contributed by atoms with Crippen molar-refractivity contribution in [1.82, 2.24) is 0 Å². The van der Waals surface area contributed by atoms with E-state index in [-0.39, 0.29) is 5.91 Å². The predicted molar refractivity (Wildman–Crippen MR) is 146 cm³/mol. The summed E-state index contributed by atoms with van der Waals surface area (Å²) >= 11 is 0. The van der Waals surface area contributed by atoms with Crippen LogP contribution >= 0.6 is 0 Å². The zero-order chi connectivity index (χ0) is 24.1. The molecule has 0 saturated carbocycles. The molecular weight excluding hydrogens is 442 g/mol. The molecule has 0 aliphatic carbocycles. The van der Waals surface area contributed by atoms with Crippen LogP contribution in [0, 0.1) is 0 Å². The van der Waals surface area contributed by atoms with Gasteiger partial charge < -0.3 is 14.7 Å². The Morgan fingerprint density at radius 1 is 0.472 bits per heavy atom. The number of carbonyl (C=O) groups excluding carboxylic acids is 1. The largest absolute Gasteiger partial charge is 0.306 e. The van der Waals surface area contributed by atoms with Crippen molar-refractivity contribution in [2.24, 2.45) is 0 Å². The second-order valence-electron chi connectivity index (χ2n) is 9.05. The van der Waals surface area contributed by atoms with E-state index >= 15 is 0 Å². The Bertz CT molecular complexity index is 1550. The van der Waals surface area contributed by atoms with Gasteiger partial charge in [0.15, 0.2) is 0 Å². The van der Waals surface area contributed by atoms with Crippen LogP contribution in [0.1, 0.15) is 15.9 Å². The van der Waals surface area contributed by atoms with Gasteiger partial charge in [-0.1, -0.05) is 66.7 Å². The Morgan fingerprint density at radius 3 is 1.50 bits per heavy atom. The molecule has 2 aliphatic heterocycles. The maximum absolute atomic E-state index is 13.5. The summed E-state index contributed by atoms with van der Waals surface area (Å²) in [5.41, 5.74) is 9.17. The van der Waals surface area contributed by atoms with E-state index in [1.165, 1.54) is 0 Å². The Labute approximate surface area is 210 Å². The molecule has 0 fully saturated rings. The molecule has 5 aromatic rings. The van der Waals surface area contributed by atoms with Crippen LogP contribution < -0.4 is 14.7 Å². The van der Waals surface area contributed by atoms with E-state index < -0.39 is 0 Å². The minimum Gasteiger partial charge on any atom is -0.306 e. The fraction of sp³-hybridized carbons (Fsp3) is 0.0312. The molecule has 0 aromatic heterocycles. The smallest absolute Gasteiger partial charge is 0.259 e. The maximum atomic E-state index is 13.5. The Kier molecular flexibility index (Phi) is 4.64. The van der Waals surface area contributed by atoms with Gasteiger partial charge in [0, 0.05) is 22.6 Å². The third-order valence-corrected chi connectivity index (χ3v) is 6.97. The number of anilines is 7. The molecule has 4 heteroatoms. The summed E-state index contributed by atoms with van der Waals surface area (Å²) in [4.78, 5) is 19.9. The van der Waals surface area contributed by atoms with Crippen LogP contribution in [-0.2, 0) is 6.54 Å². The normalized spacial score (nSPS) is 13.9. The number of hydrogen-bond donors (Lipinski definition) is 0. The van der Waals surface area contributed by atoms with Crippen LogP contribution in [0.15, 0.2) is 127 Å². The first-order valence-corrected chi connectivity index (χ1v) is 12.1. The fourth-order valence-corrected chi connectivity index (χ4v) is 5.32. The molecule has 0 spiro atoms. The number of benzene rings is 5. The number of amides is 1. The SMILES string of the molecule is O=C1c2cc(N3c4ccccc4N(c4ccccc4)c4ccccc43)ccc2CN1c1ccccc1. The van der Waals surface area contributed by atoms with E-state index in [1.807, 2.05) is 47.4 Å². The van der Waals surface area contributed by atoms with Crippen molar-refractivity contribution in [3.8, 4) is 0 Å². The van der Waals surface area contributed by atoms with Crippen molar-refractivity contribution in [3.63, 3.8) is 0 Å². The van der Waals surface area contributed by atoms with Crippen LogP contribution in [0.3, 0.4) is 0 Å². The molecule has 4 nitrogen and oxygen atoms in total. The van der Waals surface area contributed by atoms with E-state index in [4.69, 9.17) is 0 Å². The van der Waals surface area contributed by atoms with E-state index in [9.17, 15) is 4.79 Å². The summed E-state index contributed by atoms with van der Waals surface area (Å²) in [7, 11) is 0. The van der Waals surface area contributed by atoms with Gasteiger partial charge in [-0.3, -0.25) is 4.79 Å². The highest BCUT2D eigenvalue weighted by atomic mass is 16.2. The number of hydrogen-bond acceptors (Lipinski definition) is 3. The van der Waals surface area contributed by atoms with Crippen molar-refractivity contribution in [2.75, 3.05) is 14.7 Å². The summed E-state index contributed by atoms with van der Waals surface area (Å²) in [6.07, 6.45) is 0. The third kappa shape index (κ3) is 3.12. The van der Waals surface area contributed by atoms with Gasteiger partial charge in [0.05, 0.1) is 29.3 Å². The van der Waals surface area contributed by atoms with Gasteiger partial charge in [0.1, 0.15) is 0 Å². The van der Waals surface area contributed by atoms with Crippen LogP contribution in [0.2, 0.25) is 0 Å². The second-order valence-corrected chi connectivity index (χ2v) is 9.05. The van der Waals surface area contributed by atoms with E-state index in [0.29, 0.717) is 6.54 Å². The quantitative estimate of drug-likeness (QED) is 0.264. The molecule has 0 saturated heterocycles. The number of rotatable bonds is 3. The minimum atomic E-state index is 0.0440. The van der Waals surface area contributed by atoms with Crippen LogP contribution in [-0.4, -0.2) is 5.91 Å². The standard InChI is InChI=1S/C32H23N3O/c36-32-27-21-26(20-19-23(27)22-33(32)24-11-3-1-4-12-24)35-30-17-9-7-15-28(30)34(25-13-5-2-6-14-25)29-16-8-10-18-31(29)35/h1-21H,22H2. The lowest BCUT2D eigenvalue weighted by Gasteiger charge is -2.40. The second kappa shape index (κ2) is 8.14. The molecule has 5 aromatic carbocycles. The van der Waals surface area contributed by atoms with Crippen molar-refractivity contribution in [3.05, 3.63) is 139 Å². The van der Waals surface area contributed by atoms with Crippen LogP contribution in [0.25, 0.3) is 0 Å². The van der Waals surface area contributed by atoms with Gasteiger partial charge in [0.25, 0.3) is 5.91 Å². The van der Waals surface area contributed by atoms with Crippen LogP contribution in [0.5, 0.6) is 0 Å². The van der Waals surface area contributed by atoms with Crippen molar-refractivity contribution in [2.45, 2.75) is 6.54 Å². The first-order valence-electron chi connectivity index (χ1n) is 12.1. The van der Waals surface area contributed by atoms with Crippen molar-refractivity contribution >= 4 is 45.7 Å². The summed E-state index contributed by atoms with van der Waals surface area (Å²) in [5.74, 6) is 0.0440. The van der Waals surface area contributed by atoms with E-state index in [1.54, 1.807) is 0 Å². The van der Waals surface area contributed by atoms with Crippen LogP contribution in [0.4, 0.5) is 39.8 Å². The monoisotopic (exact) mass is 465 g/mol.